The highest BCUT2D eigenvalue weighted by atomic mass is 16.3. The van der Waals surface area contributed by atoms with E-state index in [9.17, 15) is 5.11 Å². The van der Waals surface area contributed by atoms with Crippen LogP contribution in [-0.2, 0) is 0 Å². The molecule has 0 radical (unpaired) electrons. The monoisotopic (exact) mass is 144 g/mol. The average molecular weight is 144 g/mol. The molecule has 1 heterocycles. The SMILES string of the molecule is CN1CCC[C@H]1[C@@H](O)CN. The third-order valence-electron chi connectivity index (χ3n) is 2.26. The Kier molecular flexibility index (Phi) is 2.65. The summed E-state index contributed by atoms with van der Waals surface area (Å²) < 4.78 is 0. The van der Waals surface area contributed by atoms with Gasteiger partial charge in [0.2, 0.25) is 0 Å². The van der Waals surface area contributed by atoms with Crippen molar-refractivity contribution in [1.29, 1.82) is 0 Å². The highest BCUT2D eigenvalue weighted by Crippen LogP contribution is 2.17. The Bertz CT molecular complexity index is 108. The average Bonchev–Trinajstić information content (AvgIpc) is 2.34. The molecule has 1 aliphatic rings. The standard InChI is InChI=1S/C7H16N2O/c1-9-4-2-3-6(9)7(10)5-8/h6-7,10H,2-5,8H2,1H3/t6-,7-/m0/s1. The molecular formula is C7H16N2O. The topological polar surface area (TPSA) is 49.5 Å². The Morgan fingerprint density at radius 3 is 2.90 bits per heavy atom. The van der Waals surface area contributed by atoms with Crippen LogP contribution < -0.4 is 5.73 Å². The van der Waals surface area contributed by atoms with Gasteiger partial charge < -0.3 is 15.7 Å². The van der Waals surface area contributed by atoms with E-state index in [2.05, 4.69) is 4.90 Å². The largest absolute Gasteiger partial charge is 0.390 e. The molecule has 1 rings (SSSR count). The Balaban J connectivity index is 2.38. The molecule has 0 aromatic rings. The summed E-state index contributed by atoms with van der Waals surface area (Å²) in [4.78, 5) is 2.18. The van der Waals surface area contributed by atoms with Gasteiger partial charge in [-0.2, -0.15) is 0 Å². The fourth-order valence-corrected chi connectivity index (χ4v) is 1.58. The van der Waals surface area contributed by atoms with E-state index < -0.39 is 0 Å². The Morgan fingerprint density at radius 1 is 1.80 bits per heavy atom. The number of aliphatic hydroxyl groups is 1. The normalized spacial score (nSPS) is 30.9. The number of nitrogens with zero attached hydrogens (tertiary/aromatic N) is 1. The van der Waals surface area contributed by atoms with Crippen LogP contribution in [0.2, 0.25) is 0 Å². The van der Waals surface area contributed by atoms with Crippen LogP contribution in [0.5, 0.6) is 0 Å². The lowest BCUT2D eigenvalue weighted by Gasteiger charge is -2.23. The Morgan fingerprint density at radius 2 is 2.50 bits per heavy atom. The number of nitrogens with two attached hydrogens (primary N) is 1. The van der Waals surface area contributed by atoms with Crippen LogP contribution in [0.25, 0.3) is 0 Å². The number of aliphatic hydroxyl groups excluding tert-OH is 1. The minimum atomic E-state index is -0.326. The summed E-state index contributed by atoms with van der Waals surface area (Å²) in [5.74, 6) is 0. The number of likely N-dealkylation sites (tertiary alicyclic amines) is 1. The van der Waals surface area contributed by atoms with Gasteiger partial charge in [-0.1, -0.05) is 0 Å². The highest BCUT2D eigenvalue weighted by Gasteiger charge is 2.26. The van der Waals surface area contributed by atoms with E-state index in [1.54, 1.807) is 0 Å². The molecule has 1 saturated heterocycles. The van der Waals surface area contributed by atoms with Crippen LogP contribution in [0.3, 0.4) is 0 Å². The van der Waals surface area contributed by atoms with Gasteiger partial charge in [0, 0.05) is 12.6 Å². The van der Waals surface area contributed by atoms with Crippen molar-refractivity contribution in [1.82, 2.24) is 4.90 Å². The van der Waals surface area contributed by atoms with Gasteiger partial charge in [-0.05, 0) is 26.4 Å². The predicted octanol–water partition coefficient (Wildman–Crippen LogP) is -0.600. The molecule has 1 fully saturated rings. The molecule has 0 aromatic heterocycles. The van der Waals surface area contributed by atoms with Gasteiger partial charge in [-0.15, -0.1) is 0 Å². The summed E-state index contributed by atoms with van der Waals surface area (Å²) in [5.41, 5.74) is 5.34. The molecule has 10 heavy (non-hydrogen) atoms. The van der Waals surface area contributed by atoms with Crippen molar-refractivity contribution in [3.05, 3.63) is 0 Å². The van der Waals surface area contributed by atoms with Crippen molar-refractivity contribution >= 4 is 0 Å². The zero-order chi connectivity index (χ0) is 7.56. The maximum Gasteiger partial charge on any atom is 0.0817 e. The molecule has 0 bridgehead atoms. The molecule has 3 N–H and O–H groups in total. The van der Waals surface area contributed by atoms with Crippen LogP contribution in [0.1, 0.15) is 12.8 Å². The minimum absolute atomic E-state index is 0.310. The molecule has 3 nitrogen and oxygen atoms in total. The first kappa shape index (κ1) is 7.98. The third-order valence-corrected chi connectivity index (χ3v) is 2.26. The number of hydrogen-bond acceptors (Lipinski definition) is 3. The summed E-state index contributed by atoms with van der Waals surface area (Å²) in [6.07, 6.45) is 1.96. The molecule has 0 aliphatic carbocycles. The van der Waals surface area contributed by atoms with Crippen molar-refractivity contribution in [2.75, 3.05) is 20.1 Å². The second-order valence-electron chi connectivity index (χ2n) is 2.99. The molecule has 0 aromatic carbocycles. The van der Waals surface area contributed by atoms with Gasteiger partial charge in [-0.3, -0.25) is 0 Å². The smallest absolute Gasteiger partial charge is 0.0817 e. The first-order valence-corrected chi connectivity index (χ1v) is 3.84. The van der Waals surface area contributed by atoms with Crippen molar-refractivity contribution in [2.24, 2.45) is 5.73 Å². The van der Waals surface area contributed by atoms with Crippen LogP contribution in [0.15, 0.2) is 0 Å². The second kappa shape index (κ2) is 3.32. The lowest BCUT2D eigenvalue weighted by molar-refractivity contribution is 0.0924. The summed E-state index contributed by atoms with van der Waals surface area (Å²) in [6, 6.07) is 0.310. The fourth-order valence-electron chi connectivity index (χ4n) is 1.58. The van der Waals surface area contributed by atoms with E-state index in [0.29, 0.717) is 12.6 Å². The quantitative estimate of drug-likeness (QED) is 0.544. The maximum absolute atomic E-state index is 9.36. The first-order valence-electron chi connectivity index (χ1n) is 3.84. The third kappa shape index (κ3) is 1.48. The van der Waals surface area contributed by atoms with E-state index >= 15 is 0 Å². The van der Waals surface area contributed by atoms with Gasteiger partial charge in [0.1, 0.15) is 0 Å². The second-order valence-corrected chi connectivity index (χ2v) is 2.99. The van der Waals surface area contributed by atoms with Gasteiger partial charge in [0.05, 0.1) is 6.10 Å². The summed E-state index contributed by atoms with van der Waals surface area (Å²) in [5, 5.41) is 9.36. The molecular weight excluding hydrogens is 128 g/mol. The van der Waals surface area contributed by atoms with E-state index in [-0.39, 0.29) is 6.10 Å². The fraction of sp³-hybridized carbons (Fsp3) is 1.00. The minimum Gasteiger partial charge on any atom is -0.390 e. The van der Waals surface area contributed by atoms with Crippen molar-refractivity contribution in [2.45, 2.75) is 25.0 Å². The van der Waals surface area contributed by atoms with E-state index in [1.165, 1.54) is 6.42 Å². The first-order chi connectivity index (χ1) is 4.75. The molecule has 2 atom stereocenters. The summed E-state index contributed by atoms with van der Waals surface area (Å²) in [6.45, 7) is 1.48. The lowest BCUT2D eigenvalue weighted by atomic mass is 10.1. The van der Waals surface area contributed by atoms with Crippen molar-refractivity contribution in [3.8, 4) is 0 Å². The van der Waals surface area contributed by atoms with Gasteiger partial charge in [0.15, 0.2) is 0 Å². The summed E-state index contributed by atoms with van der Waals surface area (Å²) in [7, 11) is 2.04. The van der Waals surface area contributed by atoms with Gasteiger partial charge in [0.25, 0.3) is 0 Å². The molecule has 0 amide bonds. The molecule has 60 valence electrons. The van der Waals surface area contributed by atoms with Crippen molar-refractivity contribution in [3.63, 3.8) is 0 Å². The van der Waals surface area contributed by atoms with E-state index in [0.717, 1.165) is 13.0 Å². The number of likely N-dealkylation sites (N-methyl/N-ethyl adjacent to an activating group) is 1. The molecule has 0 spiro atoms. The number of hydrogen-bond donors (Lipinski definition) is 2. The predicted molar refractivity (Wildman–Crippen MR) is 40.7 cm³/mol. The lowest BCUT2D eigenvalue weighted by Crippen LogP contribution is -2.40. The van der Waals surface area contributed by atoms with E-state index in [4.69, 9.17) is 5.73 Å². The zero-order valence-corrected chi connectivity index (χ0v) is 6.45. The van der Waals surface area contributed by atoms with Gasteiger partial charge in [-0.25, -0.2) is 0 Å². The van der Waals surface area contributed by atoms with E-state index in [1.807, 2.05) is 7.05 Å². The Labute approximate surface area is 61.8 Å². The molecule has 3 heteroatoms. The summed E-state index contributed by atoms with van der Waals surface area (Å²) >= 11 is 0. The zero-order valence-electron chi connectivity index (χ0n) is 6.45. The van der Waals surface area contributed by atoms with Crippen molar-refractivity contribution < 1.29 is 5.11 Å². The van der Waals surface area contributed by atoms with Crippen LogP contribution in [-0.4, -0.2) is 42.3 Å². The van der Waals surface area contributed by atoms with Crippen LogP contribution in [0, 0.1) is 0 Å². The highest BCUT2D eigenvalue weighted by molar-refractivity contribution is 4.82. The Hall–Kier alpha value is -0.120. The van der Waals surface area contributed by atoms with Crippen LogP contribution in [0.4, 0.5) is 0 Å². The molecule has 0 saturated carbocycles. The van der Waals surface area contributed by atoms with Crippen LogP contribution >= 0.6 is 0 Å². The molecule has 1 aliphatic heterocycles. The number of rotatable bonds is 2. The molecule has 0 unspecified atom stereocenters. The van der Waals surface area contributed by atoms with Gasteiger partial charge >= 0.3 is 0 Å². The maximum atomic E-state index is 9.36.